The third kappa shape index (κ3) is 4.82. The van der Waals surface area contributed by atoms with Gasteiger partial charge < -0.3 is 10.2 Å². The van der Waals surface area contributed by atoms with Crippen molar-refractivity contribution in [3.63, 3.8) is 0 Å². The van der Waals surface area contributed by atoms with Crippen molar-refractivity contribution < 1.29 is 0 Å². The molecular weight excluding hydrogens is 244 g/mol. The lowest BCUT2D eigenvalue weighted by atomic mass is 9.84. The van der Waals surface area contributed by atoms with Crippen molar-refractivity contribution in [2.24, 2.45) is 5.41 Å². The zero-order valence-electron chi connectivity index (χ0n) is 14.2. The van der Waals surface area contributed by atoms with E-state index in [0.29, 0.717) is 6.04 Å². The molecule has 0 amide bonds. The lowest BCUT2D eigenvalue weighted by Gasteiger charge is -2.37. The predicted molar refractivity (Wildman–Crippen MR) is 90.6 cm³/mol. The summed E-state index contributed by atoms with van der Waals surface area (Å²) in [5.74, 6) is 0. The largest absolute Gasteiger partial charge is 0.374 e. The summed E-state index contributed by atoms with van der Waals surface area (Å²) in [4.78, 5) is 2.36. The van der Waals surface area contributed by atoms with Crippen LogP contribution >= 0.6 is 0 Å². The zero-order valence-corrected chi connectivity index (χ0v) is 14.2. The van der Waals surface area contributed by atoms with Crippen molar-refractivity contribution >= 4 is 5.69 Å². The van der Waals surface area contributed by atoms with Crippen LogP contribution in [0.3, 0.4) is 0 Å². The lowest BCUT2D eigenvalue weighted by Crippen LogP contribution is -2.46. The Morgan fingerprint density at radius 2 is 1.75 bits per heavy atom. The summed E-state index contributed by atoms with van der Waals surface area (Å²) in [5.41, 5.74) is 2.95. The molecule has 0 fully saturated rings. The molecule has 1 N–H and O–H groups in total. The molecule has 0 radical (unpaired) electrons. The fourth-order valence-corrected chi connectivity index (χ4v) is 2.46. The quantitative estimate of drug-likeness (QED) is 0.769. The van der Waals surface area contributed by atoms with E-state index >= 15 is 0 Å². The van der Waals surface area contributed by atoms with Gasteiger partial charge in [0.25, 0.3) is 0 Å². The zero-order chi connectivity index (χ0) is 15.2. The van der Waals surface area contributed by atoms with Gasteiger partial charge in [-0.15, -0.1) is 0 Å². The van der Waals surface area contributed by atoms with Gasteiger partial charge in [0.2, 0.25) is 0 Å². The number of nitrogens with zero attached hydrogens (tertiary/aromatic N) is 1. The molecular formula is C18H32N2. The second-order valence-corrected chi connectivity index (χ2v) is 6.54. The van der Waals surface area contributed by atoms with Gasteiger partial charge in [0.15, 0.2) is 0 Å². The van der Waals surface area contributed by atoms with Crippen molar-refractivity contribution in [3.05, 3.63) is 29.8 Å². The molecule has 1 rings (SSSR count). The van der Waals surface area contributed by atoms with Gasteiger partial charge in [-0.2, -0.15) is 0 Å². The number of nitrogens with one attached hydrogen (secondary N) is 1. The highest BCUT2D eigenvalue weighted by atomic mass is 15.1. The number of benzene rings is 1. The van der Waals surface area contributed by atoms with Crippen LogP contribution in [0.1, 0.15) is 46.6 Å². The minimum Gasteiger partial charge on any atom is -0.374 e. The Morgan fingerprint density at radius 1 is 1.15 bits per heavy atom. The number of aryl methyl sites for hydroxylation is 1. The van der Waals surface area contributed by atoms with E-state index < -0.39 is 0 Å². The Bertz CT molecular complexity index is 381. The molecule has 1 atom stereocenters. The van der Waals surface area contributed by atoms with Crippen molar-refractivity contribution in [1.29, 1.82) is 0 Å². The number of rotatable bonds is 8. The standard InChI is InChI=1S/C18H32N2/c1-7-13-19-15(3)18(4,5)14-20(6)17-11-9-16(8-2)10-12-17/h9-12,15,19H,7-8,13-14H2,1-6H3. The molecule has 1 aromatic carbocycles. The SMILES string of the molecule is CCCNC(C)C(C)(C)CN(C)c1ccc(CC)cc1. The Hall–Kier alpha value is -1.02. The smallest absolute Gasteiger partial charge is 0.0363 e. The minimum absolute atomic E-state index is 0.243. The van der Waals surface area contributed by atoms with E-state index in [4.69, 9.17) is 0 Å². The molecule has 0 aliphatic carbocycles. The van der Waals surface area contributed by atoms with Crippen molar-refractivity contribution in [3.8, 4) is 0 Å². The van der Waals surface area contributed by atoms with E-state index in [-0.39, 0.29) is 5.41 Å². The summed E-state index contributed by atoms with van der Waals surface area (Å²) in [6, 6.07) is 9.45. The third-order valence-corrected chi connectivity index (χ3v) is 4.30. The number of hydrogen-bond acceptors (Lipinski definition) is 2. The lowest BCUT2D eigenvalue weighted by molar-refractivity contribution is 0.263. The van der Waals surface area contributed by atoms with Crippen molar-refractivity contribution in [2.75, 3.05) is 25.0 Å². The van der Waals surface area contributed by atoms with Crippen LogP contribution in [0.2, 0.25) is 0 Å². The Balaban J connectivity index is 2.64. The molecule has 0 heterocycles. The van der Waals surface area contributed by atoms with Gasteiger partial charge in [0.1, 0.15) is 0 Å². The second kappa shape index (κ2) is 7.68. The van der Waals surface area contributed by atoms with Gasteiger partial charge in [-0.25, -0.2) is 0 Å². The van der Waals surface area contributed by atoms with Crippen LogP contribution in [0.15, 0.2) is 24.3 Å². The third-order valence-electron chi connectivity index (χ3n) is 4.30. The van der Waals surface area contributed by atoms with E-state index in [2.05, 4.69) is 76.1 Å². The van der Waals surface area contributed by atoms with Gasteiger partial charge in [-0.3, -0.25) is 0 Å². The fourth-order valence-electron chi connectivity index (χ4n) is 2.46. The Kier molecular flexibility index (Phi) is 6.54. The summed E-state index contributed by atoms with van der Waals surface area (Å²) in [6.07, 6.45) is 2.29. The molecule has 2 nitrogen and oxygen atoms in total. The predicted octanol–water partition coefficient (Wildman–Crippen LogP) is 4.10. The van der Waals surface area contributed by atoms with Gasteiger partial charge in [0.05, 0.1) is 0 Å². The van der Waals surface area contributed by atoms with Crippen LogP contribution in [-0.4, -0.2) is 26.2 Å². The summed E-state index contributed by atoms with van der Waals surface area (Å²) in [5, 5.41) is 3.62. The topological polar surface area (TPSA) is 15.3 Å². The minimum atomic E-state index is 0.243. The maximum Gasteiger partial charge on any atom is 0.0363 e. The highest BCUT2D eigenvalue weighted by Crippen LogP contribution is 2.25. The highest BCUT2D eigenvalue weighted by molar-refractivity contribution is 5.47. The second-order valence-electron chi connectivity index (χ2n) is 6.54. The molecule has 1 unspecified atom stereocenters. The van der Waals surface area contributed by atoms with Crippen molar-refractivity contribution in [2.45, 2.75) is 53.5 Å². The first-order valence-corrected chi connectivity index (χ1v) is 7.94. The monoisotopic (exact) mass is 276 g/mol. The molecule has 0 aliphatic rings. The van der Waals surface area contributed by atoms with Crippen LogP contribution in [0.4, 0.5) is 5.69 Å². The Morgan fingerprint density at radius 3 is 2.25 bits per heavy atom. The fraction of sp³-hybridized carbons (Fsp3) is 0.667. The molecule has 2 heteroatoms. The average Bonchev–Trinajstić information content (AvgIpc) is 2.44. The highest BCUT2D eigenvalue weighted by Gasteiger charge is 2.27. The van der Waals surface area contributed by atoms with Crippen LogP contribution in [0.25, 0.3) is 0 Å². The normalized spacial score (nSPS) is 13.3. The van der Waals surface area contributed by atoms with Crippen LogP contribution in [0, 0.1) is 5.41 Å². The molecule has 114 valence electrons. The number of anilines is 1. The Labute approximate surface area is 125 Å². The molecule has 0 spiro atoms. The summed E-state index contributed by atoms with van der Waals surface area (Å²) >= 11 is 0. The molecule has 0 aromatic heterocycles. The summed E-state index contributed by atoms with van der Waals surface area (Å²) in [7, 11) is 2.19. The molecule has 0 saturated heterocycles. The van der Waals surface area contributed by atoms with E-state index in [1.54, 1.807) is 0 Å². The maximum atomic E-state index is 3.62. The maximum absolute atomic E-state index is 3.62. The summed E-state index contributed by atoms with van der Waals surface area (Å²) < 4.78 is 0. The first kappa shape index (κ1) is 17.0. The average molecular weight is 276 g/mol. The molecule has 0 bridgehead atoms. The first-order valence-electron chi connectivity index (χ1n) is 7.94. The molecule has 1 aromatic rings. The van der Waals surface area contributed by atoms with Gasteiger partial charge in [0, 0.05) is 25.3 Å². The van der Waals surface area contributed by atoms with Crippen molar-refractivity contribution in [1.82, 2.24) is 5.32 Å². The van der Waals surface area contributed by atoms with Gasteiger partial charge >= 0.3 is 0 Å². The van der Waals surface area contributed by atoms with Crippen LogP contribution < -0.4 is 10.2 Å². The van der Waals surface area contributed by atoms with E-state index in [9.17, 15) is 0 Å². The van der Waals surface area contributed by atoms with E-state index in [0.717, 1.165) is 19.5 Å². The van der Waals surface area contributed by atoms with Gasteiger partial charge in [-0.1, -0.05) is 39.8 Å². The first-order chi connectivity index (χ1) is 9.40. The van der Waals surface area contributed by atoms with Gasteiger partial charge in [-0.05, 0) is 49.4 Å². The van der Waals surface area contributed by atoms with Crippen LogP contribution in [-0.2, 0) is 6.42 Å². The van der Waals surface area contributed by atoms with E-state index in [1.807, 2.05) is 0 Å². The summed E-state index contributed by atoms with van der Waals surface area (Å²) in [6.45, 7) is 13.5. The van der Waals surface area contributed by atoms with E-state index in [1.165, 1.54) is 17.7 Å². The number of hydrogen-bond donors (Lipinski definition) is 1. The molecule has 0 aliphatic heterocycles. The van der Waals surface area contributed by atoms with Crippen LogP contribution in [0.5, 0.6) is 0 Å². The molecule has 0 saturated carbocycles. The molecule has 20 heavy (non-hydrogen) atoms.